The molecule has 4 bridgehead atoms. The zero-order valence-corrected chi connectivity index (χ0v) is 25.1. The molecular weight excluding hydrogens is 544 g/mol. The van der Waals surface area contributed by atoms with E-state index in [2.05, 4.69) is 0 Å². The van der Waals surface area contributed by atoms with E-state index >= 15 is 0 Å². The first-order valence-corrected chi connectivity index (χ1v) is 15.9. The number of hydrogen-bond donors (Lipinski definition) is 4. The summed E-state index contributed by atoms with van der Waals surface area (Å²) in [5.74, 6) is -2.23. The molecule has 0 aromatic rings. The van der Waals surface area contributed by atoms with Gasteiger partial charge in [0, 0.05) is 61.9 Å². The number of amides is 2. The summed E-state index contributed by atoms with van der Waals surface area (Å²) in [6, 6.07) is -0.764. The Morgan fingerprint density at radius 2 is 0.881 bits per heavy atom. The molecule has 5 rings (SSSR count). The summed E-state index contributed by atoms with van der Waals surface area (Å²) >= 11 is 0. The molecule has 5 aliphatic rings. The number of carbonyl (C=O) groups excluding carboxylic acids is 2. The number of carbonyl (C=O) groups is 4. The first kappa shape index (κ1) is 32.6. The molecule has 5 unspecified atom stereocenters. The predicted molar refractivity (Wildman–Crippen MR) is 153 cm³/mol. The number of aliphatic hydroxyl groups excluding tert-OH is 2. The normalized spacial score (nSPS) is 33.9. The van der Waals surface area contributed by atoms with Gasteiger partial charge >= 0.3 is 11.9 Å². The molecule has 0 radical (unpaired) electrons. The fourth-order valence-corrected chi connectivity index (χ4v) is 8.21. The van der Waals surface area contributed by atoms with Crippen LogP contribution in [0.15, 0.2) is 0 Å². The Bertz CT molecular complexity index is 877. The summed E-state index contributed by atoms with van der Waals surface area (Å²) in [5, 5.41) is 40.2. The van der Waals surface area contributed by atoms with Crippen molar-refractivity contribution in [2.45, 2.75) is 89.5 Å². The minimum Gasteiger partial charge on any atom is -0.480 e. The van der Waals surface area contributed by atoms with Crippen LogP contribution in [0.5, 0.6) is 0 Å². The van der Waals surface area contributed by atoms with E-state index in [1.165, 1.54) is 0 Å². The van der Waals surface area contributed by atoms with Crippen LogP contribution in [0.3, 0.4) is 0 Å². The SMILES string of the molecule is CC.O=C(O)CN(CC(=O)N1CC2CC[C@@H](C1)C2O)C1CCCCC1N(CC(=O)O)CC(=O)N1C[C@H]2CC[C@@H](C1)C2O. The molecule has 0 aromatic carbocycles. The van der Waals surface area contributed by atoms with Crippen LogP contribution in [0.4, 0.5) is 0 Å². The third-order valence-corrected chi connectivity index (χ3v) is 10.3. The number of piperidine rings is 2. The van der Waals surface area contributed by atoms with Crippen molar-refractivity contribution in [1.82, 2.24) is 19.6 Å². The van der Waals surface area contributed by atoms with Crippen molar-refractivity contribution in [2.75, 3.05) is 52.4 Å². The standard InChI is InChI=1S/C28H44N4O8.C2H6/c33-23(31-9-17-5-6-18(10-31)27(17)39)13-29(15-25(35)36)21-3-1-2-4-22(21)30(16-26(37)38)14-24(34)32-11-19-7-8-20(12-32)28(19)40;1-2/h17-22,27-28,39-40H,1-16H2,(H,35,36)(H,37,38);1-2H3/t17-,18+,19-,20?,21?,22?,27?,28?;/m0./s1. The smallest absolute Gasteiger partial charge is 0.317 e. The van der Waals surface area contributed by atoms with Crippen molar-refractivity contribution in [3.63, 3.8) is 0 Å². The van der Waals surface area contributed by atoms with Gasteiger partial charge in [-0.05, 0) is 38.5 Å². The van der Waals surface area contributed by atoms with Gasteiger partial charge in [-0.3, -0.25) is 29.0 Å². The van der Waals surface area contributed by atoms with Gasteiger partial charge in [-0.15, -0.1) is 0 Å². The summed E-state index contributed by atoms with van der Waals surface area (Å²) in [6.45, 7) is 5.00. The second-order valence-corrected chi connectivity index (χ2v) is 12.8. The van der Waals surface area contributed by atoms with Crippen molar-refractivity contribution in [2.24, 2.45) is 23.7 Å². The van der Waals surface area contributed by atoms with Gasteiger partial charge in [-0.2, -0.15) is 0 Å². The topological polar surface area (TPSA) is 162 Å². The lowest BCUT2D eigenvalue weighted by molar-refractivity contribution is -0.148. The summed E-state index contributed by atoms with van der Waals surface area (Å²) in [5.41, 5.74) is 0. The molecule has 12 heteroatoms. The molecular formula is C30H50N4O8. The third kappa shape index (κ3) is 7.43. The Morgan fingerprint density at radius 3 is 1.17 bits per heavy atom. The summed E-state index contributed by atoms with van der Waals surface area (Å²) in [6.07, 6.45) is 5.64. The van der Waals surface area contributed by atoms with E-state index in [1.807, 2.05) is 13.8 Å². The molecule has 238 valence electrons. The van der Waals surface area contributed by atoms with Crippen molar-refractivity contribution >= 4 is 23.8 Å². The van der Waals surface area contributed by atoms with Gasteiger partial charge < -0.3 is 30.2 Å². The highest BCUT2D eigenvalue weighted by molar-refractivity contribution is 5.80. The number of aliphatic hydroxyl groups is 2. The van der Waals surface area contributed by atoms with Crippen LogP contribution in [0, 0.1) is 23.7 Å². The van der Waals surface area contributed by atoms with E-state index in [0.29, 0.717) is 39.0 Å². The maximum absolute atomic E-state index is 13.4. The first-order valence-electron chi connectivity index (χ1n) is 15.9. The number of nitrogens with zero attached hydrogens (tertiary/aromatic N) is 4. The molecule has 0 aromatic heterocycles. The van der Waals surface area contributed by atoms with E-state index in [1.54, 1.807) is 19.6 Å². The number of carboxylic acid groups (broad SMARTS) is 2. The monoisotopic (exact) mass is 594 g/mol. The van der Waals surface area contributed by atoms with Gasteiger partial charge in [0.15, 0.2) is 0 Å². The number of hydrogen-bond acceptors (Lipinski definition) is 8. The van der Waals surface area contributed by atoms with Crippen molar-refractivity contribution in [3.8, 4) is 0 Å². The summed E-state index contributed by atoms with van der Waals surface area (Å²) in [7, 11) is 0. The van der Waals surface area contributed by atoms with Gasteiger partial charge in [-0.25, -0.2) is 0 Å². The van der Waals surface area contributed by atoms with E-state index < -0.39 is 11.9 Å². The van der Waals surface area contributed by atoms with Gasteiger partial charge in [0.05, 0.1) is 38.4 Å². The van der Waals surface area contributed by atoms with E-state index in [4.69, 9.17) is 0 Å². The Kier molecular flexibility index (Phi) is 11.2. The van der Waals surface area contributed by atoms with Crippen LogP contribution in [0.1, 0.15) is 65.2 Å². The first-order chi connectivity index (χ1) is 20.1. The van der Waals surface area contributed by atoms with Crippen LogP contribution in [-0.4, -0.2) is 140 Å². The Hall–Kier alpha value is -2.28. The highest BCUT2D eigenvalue weighted by Gasteiger charge is 2.45. The van der Waals surface area contributed by atoms with Crippen LogP contribution in [0.2, 0.25) is 0 Å². The van der Waals surface area contributed by atoms with Gasteiger partial charge in [0.1, 0.15) is 0 Å². The molecule has 0 spiro atoms. The molecule has 2 amide bonds. The second-order valence-electron chi connectivity index (χ2n) is 12.8. The predicted octanol–water partition coefficient (Wildman–Crippen LogP) is 0.556. The molecule has 5 fully saturated rings. The molecule has 3 aliphatic carbocycles. The maximum Gasteiger partial charge on any atom is 0.317 e. The summed E-state index contributed by atoms with van der Waals surface area (Å²) in [4.78, 5) is 57.5. The Labute approximate surface area is 248 Å². The molecule has 3 saturated carbocycles. The van der Waals surface area contributed by atoms with E-state index in [-0.39, 0.29) is 86.0 Å². The maximum atomic E-state index is 13.4. The number of fused-ring (bicyclic) bond motifs is 4. The molecule has 4 N–H and O–H groups in total. The average Bonchev–Trinajstić information content (AvgIpc) is 3.28. The van der Waals surface area contributed by atoms with Crippen molar-refractivity contribution in [3.05, 3.63) is 0 Å². The van der Waals surface area contributed by atoms with Crippen molar-refractivity contribution in [1.29, 1.82) is 0 Å². The van der Waals surface area contributed by atoms with Gasteiger partial charge in [-0.1, -0.05) is 26.7 Å². The molecule has 8 atom stereocenters. The quantitative estimate of drug-likeness (QED) is 0.281. The van der Waals surface area contributed by atoms with E-state index in [0.717, 1.165) is 38.5 Å². The van der Waals surface area contributed by atoms with Crippen LogP contribution >= 0.6 is 0 Å². The van der Waals surface area contributed by atoms with Crippen LogP contribution in [-0.2, 0) is 19.2 Å². The minimum atomic E-state index is -1.06. The lowest BCUT2D eigenvalue weighted by Crippen LogP contribution is -2.60. The van der Waals surface area contributed by atoms with E-state index in [9.17, 15) is 39.6 Å². The van der Waals surface area contributed by atoms with Crippen LogP contribution < -0.4 is 0 Å². The number of aliphatic carboxylic acids is 2. The molecule has 2 saturated heterocycles. The molecule has 2 heterocycles. The largest absolute Gasteiger partial charge is 0.480 e. The lowest BCUT2D eigenvalue weighted by Gasteiger charge is -2.45. The lowest BCUT2D eigenvalue weighted by atomic mass is 9.87. The minimum absolute atomic E-state index is 0.0567. The van der Waals surface area contributed by atoms with Crippen molar-refractivity contribution < 1.29 is 39.6 Å². The fraction of sp³-hybridized carbons (Fsp3) is 0.867. The van der Waals surface area contributed by atoms with Crippen LogP contribution in [0.25, 0.3) is 0 Å². The highest BCUT2D eigenvalue weighted by Crippen LogP contribution is 2.38. The highest BCUT2D eigenvalue weighted by atomic mass is 16.4. The van der Waals surface area contributed by atoms with Gasteiger partial charge in [0.2, 0.25) is 11.8 Å². The molecule has 12 nitrogen and oxygen atoms in total. The number of rotatable bonds is 10. The Balaban J connectivity index is 0.00000198. The summed E-state index contributed by atoms with van der Waals surface area (Å²) < 4.78 is 0. The fourth-order valence-electron chi connectivity index (χ4n) is 8.21. The van der Waals surface area contributed by atoms with Gasteiger partial charge in [0.25, 0.3) is 0 Å². The number of carboxylic acids is 2. The zero-order chi connectivity index (χ0) is 30.6. The Morgan fingerprint density at radius 1 is 0.571 bits per heavy atom. The number of likely N-dealkylation sites (tertiary alicyclic amines) is 2. The average molecular weight is 595 g/mol. The zero-order valence-electron chi connectivity index (χ0n) is 25.1. The third-order valence-electron chi connectivity index (χ3n) is 10.3. The molecule has 2 aliphatic heterocycles. The molecule has 42 heavy (non-hydrogen) atoms. The second kappa shape index (κ2) is 14.5.